The summed E-state index contributed by atoms with van der Waals surface area (Å²) in [6, 6.07) is 5.89. The van der Waals surface area contributed by atoms with Crippen LogP contribution in [0.15, 0.2) is 18.2 Å². The Morgan fingerprint density at radius 2 is 1.52 bits per heavy atom. The van der Waals surface area contributed by atoms with Gasteiger partial charge in [-0.05, 0) is 24.0 Å². The minimum atomic E-state index is -0.287. The van der Waals surface area contributed by atoms with E-state index in [-0.39, 0.29) is 6.29 Å². The zero-order valence-corrected chi connectivity index (χ0v) is 13.4. The van der Waals surface area contributed by atoms with E-state index in [2.05, 4.69) is 27.7 Å². The van der Waals surface area contributed by atoms with Crippen molar-refractivity contribution in [3.05, 3.63) is 23.8 Å². The van der Waals surface area contributed by atoms with Gasteiger partial charge in [-0.1, -0.05) is 33.8 Å². The summed E-state index contributed by atoms with van der Waals surface area (Å²) in [6.45, 7) is 11.1. The van der Waals surface area contributed by atoms with E-state index in [0.717, 1.165) is 17.1 Å². The van der Waals surface area contributed by atoms with Crippen molar-refractivity contribution in [1.29, 1.82) is 0 Å². The normalized spacial score (nSPS) is 15.9. The molecular weight excluding hydrogens is 268 g/mol. The predicted molar refractivity (Wildman–Crippen MR) is 81.8 cm³/mol. The number of rotatable bonds is 7. The van der Waals surface area contributed by atoms with Crippen LogP contribution in [0.1, 0.15) is 39.5 Å². The molecule has 0 N–H and O–H groups in total. The maximum atomic E-state index is 5.89. The second-order valence-electron chi connectivity index (χ2n) is 6.19. The molecule has 0 aliphatic carbocycles. The third-order valence-corrected chi connectivity index (χ3v) is 3.01. The van der Waals surface area contributed by atoms with E-state index in [1.807, 2.05) is 18.2 Å². The Bertz CT molecular complexity index is 436. The first-order chi connectivity index (χ1) is 10.1. The van der Waals surface area contributed by atoms with Gasteiger partial charge in [0, 0.05) is 5.56 Å². The molecule has 2 rings (SSSR count). The molecule has 1 aromatic rings. The molecule has 1 aromatic carbocycles. The lowest BCUT2D eigenvalue weighted by Gasteiger charge is -2.17. The van der Waals surface area contributed by atoms with Crippen molar-refractivity contribution >= 4 is 0 Å². The van der Waals surface area contributed by atoms with Gasteiger partial charge in [0.05, 0.1) is 26.4 Å². The van der Waals surface area contributed by atoms with E-state index < -0.39 is 0 Å². The molecule has 118 valence electrons. The van der Waals surface area contributed by atoms with Crippen LogP contribution >= 0.6 is 0 Å². The summed E-state index contributed by atoms with van der Waals surface area (Å²) in [5, 5.41) is 0. The van der Waals surface area contributed by atoms with Gasteiger partial charge in [0.25, 0.3) is 0 Å². The van der Waals surface area contributed by atoms with Gasteiger partial charge in [0.1, 0.15) is 0 Å². The Morgan fingerprint density at radius 1 is 0.952 bits per heavy atom. The van der Waals surface area contributed by atoms with Gasteiger partial charge in [-0.3, -0.25) is 0 Å². The molecule has 1 heterocycles. The summed E-state index contributed by atoms with van der Waals surface area (Å²) in [5.41, 5.74) is 0.975. The number of hydrogen-bond acceptors (Lipinski definition) is 4. The molecule has 0 saturated carbocycles. The fourth-order valence-corrected chi connectivity index (χ4v) is 1.97. The van der Waals surface area contributed by atoms with Crippen LogP contribution in [-0.2, 0) is 9.47 Å². The molecule has 0 unspecified atom stereocenters. The first kappa shape index (κ1) is 16.1. The molecule has 1 aliphatic heterocycles. The van der Waals surface area contributed by atoms with E-state index in [0.29, 0.717) is 38.3 Å². The van der Waals surface area contributed by atoms with Gasteiger partial charge in [-0.15, -0.1) is 0 Å². The van der Waals surface area contributed by atoms with Crippen molar-refractivity contribution in [1.82, 2.24) is 0 Å². The van der Waals surface area contributed by atoms with Gasteiger partial charge < -0.3 is 18.9 Å². The molecule has 0 amide bonds. The lowest BCUT2D eigenvalue weighted by molar-refractivity contribution is -0.0442. The lowest BCUT2D eigenvalue weighted by Crippen LogP contribution is -2.09. The van der Waals surface area contributed by atoms with E-state index in [4.69, 9.17) is 18.9 Å². The number of hydrogen-bond donors (Lipinski definition) is 0. The monoisotopic (exact) mass is 294 g/mol. The molecule has 4 heteroatoms. The SMILES string of the molecule is CC(C)COc1ccc(C2OCCO2)cc1OCC(C)C. The third-order valence-electron chi connectivity index (χ3n) is 3.01. The van der Waals surface area contributed by atoms with Gasteiger partial charge in [0.2, 0.25) is 0 Å². The lowest BCUT2D eigenvalue weighted by atomic mass is 10.2. The molecule has 4 nitrogen and oxygen atoms in total. The van der Waals surface area contributed by atoms with Crippen LogP contribution in [0.25, 0.3) is 0 Å². The van der Waals surface area contributed by atoms with E-state index in [1.54, 1.807) is 0 Å². The molecule has 1 fully saturated rings. The first-order valence-electron chi connectivity index (χ1n) is 7.69. The maximum absolute atomic E-state index is 5.89. The average molecular weight is 294 g/mol. The highest BCUT2D eigenvalue weighted by Crippen LogP contribution is 2.33. The quantitative estimate of drug-likeness (QED) is 0.766. The Labute approximate surface area is 127 Å². The predicted octanol–water partition coefficient (Wildman–Crippen LogP) is 3.80. The Morgan fingerprint density at radius 3 is 2.10 bits per heavy atom. The summed E-state index contributed by atoms with van der Waals surface area (Å²) in [5.74, 6) is 2.49. The largest absolute Gasteiger partial charge is 0.489 e. The summed E-state index contributed by atoms with van der Waals surface area (Å²) < 4.78 is 22.8. The molecule has 0 bridgehead atoms. The maximum Gasteiger partial charge on any atom is 0.184 e. The number of benzene rings is 1. The molecule has 1 saturated heterocycles. The molecule has 0 radical (unpaired) electrons. The van der Waals surface area contributed by atoms with Crippen LogP contribution in [0.2, 0.25) is 0 Å². The van der Waals surface area contributed by atoms with Gasteiger partial charge in [-0.2, -0.15) is 0 Å². The Kier molecular flexibility index (Phi) is 5.88. The summed E-state index contributed by atoms with van der Waals surface area (Å²) in [7, 11) is 0. The van der Waals surface area contributed by atoms with Crippen LogP contribution in [0.3, 0.4) is 0 Å². The summed E-state index contributed by atoms with van der Waals surface area (Å²) >= 11 is 0. The molecular formula is C17H26O4. The highest BCUT2D eigenvalue weighted by molar-refractivity contribution is 5.43. The van der Waals surface area contributed by atoms with E-state index in [9.17, 15) is 0 Å². The standard InChI is InChI=1S/C17H26O4/c1-12(2)10-20-15-6-5-14(17-18-7-8-19-17)9-16(15)21-11-13(3)4/h5-6,9,12-13,17H,7-8,10-11H2,1-4H3. The molecule has 0 atom stereocenters. The topological polar surface area (TPSA) is 36.9 Å². The second kappa shape index (κ2) is 7.66. The smallest absolute Gasteiger partial charge is 0.184 e. The number of ether oxygens (including phenoxy) is 4. The van der Waals surface area contributed by atoms with Crippen molar-refractivity contribution < 1.29 is 18.9 Å². The van der Waals surface area contributed by atoms with Crippen LogP contribution < -0.4 is 9.47 Å². The Balaban J connectivity index is 2.13. The molecule has 21 heavy (non-hydrogen) atoms. The molecule has 0 aromatic heterocycles. The first-order valence-corrected chi connectivity index (χ1v) is 7.69. The van der Waals surface area contributed by atoms with Crippen molar-refractivity contribution in [3.63, 3.8) is 0 Å². The van der Waals surface area contributed by atoms with Crippen molar-refractivity contribution in [3.8, 4) is 11.5 Å². The van der Waals surface area contributed by atoms with Gasteiger partial charge >= 0.3 is 0 Å². The third kappa shape index (κ3) is 4.90. The minimum absolute atomic E-state index is 0.287. The molecule has 1 aliphatic rings. The zero-order valence-electron chi connectivity index (χ0n) is 13.4. The van der Waals surface area contributed by atoms with Crippen LogP contribution in [0.5, 0.6) is 11.5 Å². The highest BCUT2D eigenvalue weighted by atomic mass is 16.7. The van der Waals surface area contributed by atoms with Crippen molar-refractivity contribution in [2.45, 2.75) is 34.0 Å². The second-order valence-corrected chi connectivity index (χ2v) is 6.19. The summed E-state index contributed by atoms with van der Waals surface area (Å²) in [6.07, 6.45) is -0.287. The van der Waals surface area contributed by atoms with Crippen LogP contribution in [-0.4, -0.2) is 26.4 Å². The van der Waals surface area contributed by atoms with Crippen molar-refractivity contribution in [2.75, 3.05) is 26.4 Å². The van der Waals surface area contributed by atoms with Crippen molar-refractivity contribution in [2.24, 2.45) is 11.8 Å². The highest BCUT2D eigenvalue weighted by Gasteiger charge is 2.20. The van der Waals surface area contributed by atoms with E-state index >= 15 is 0 Å². The average Bonchev–Trinajstić information content (AvgIpc) is 2.97. The Hall–Kier alpha value is -1.26. The fraction of sp³-hybridized carbons (Fsp3) is 0.647. The van der Waals surface area contributed by atoms with Gasteiger partial charge in [-0.25, -0.2) is 0 Å². The summed E-state index contributed by atoms with van der Waals surface area (Å²) in [4.78, 5) is 0. The van der Waals surface area contributed by atoms with Crippen LogP contribution in [0.4, 0.5) is 0 Å². The van der Waals surface area contributed by atoms with Crippen LogP contribution in [0, 0.1) is 11.8 Å². The fourth-order valence-electron chi connectivity index (χ4n) is 1.97. The zero-order chi connectivity index (χ0) is 15.2. The van der Waals surface area contributed by atoms with Gasteiger partial charge in [0.15, 0.2) is 17.8 Å². The minimum Gasteiger partial charge on any atom is -0.489 e. The molecule has 0 spiro atoms. The van der Waals surface area contributed by atoms with E-state index in [1.165, 1.54) is 0 Å².